The van der Waals surface area contributed by atoms with Gasteiger partial charge in [-0.25, -0.2) is 4.98 Å². The lowest BCUT2D eigenvalue weighted by Crippen LogP contribution is -1.85. The van der Waals surface area contributed by atoms with Crippen LogP contribution >= 0.6 is 11.3 Å². The number of allylic oxidation sites excluding steroid dienone is 1. The standard InChI is InChI=1S/C17H12N2O2S/c1-21-13-6-7-15(20)11(9-13)8-12(10-18)17-19-14-4-2-3-5-16(14)22-17/h2-9,20H,1H3. The van der Waals surface area contributed by atoms with Crippen molar-refractivity contribution in [3.8, 4) is 17.6 Å². The minimum atomic E-state index is 0.0923. The average molecular weight is 308 g/mol. The molecule has 0 aliphatic rings. The summed E-state index contributed by atoms with van der Waals surface area (Å²) in [5.74, 6) is 0.709. The minimum Gasteiger partial charge on any atom is -0.507 e. The Labute approximate surface area is 131 Å². The zero-order valence-corrected chi connectivity index (χ0v) is 12.6. The zero-order valence-electron chi connectivity index (χ0n) is 11.8. The van der Waals surface area contributed by atoms with Crippen molar-refractivity contribution in [2.75, 3.05) is 7.11 Å². The molecule has 0 spiro atoms. The fraction of sp³-hybridized carbons (Fsp3) is 0.0588. The lowest BCUT2D eigenvalue weighted by atomic mass is 10.1. The number of rotatable bonds is 3. The molecule has 1 heterocycles. The number of fused-ring (bicyclic) bond motifs is 1. The molecule has 0 saturated heterocycles. The van der Waals surface area contributed by atoms with Gasteiger partial charge in [-0.05, 0) is 36.4 Å². The molecule has 1 N–H and O–H groups in total. The van der Waals surface area contributed by atoms with Gasteiger partial charge in [0.15, 0.2) is 0 Å². The fourth-order valence-electron chi connectivity index (χ4n) is 2.06. The predicted octanol–water partition coefficient (Wildman–Crippen LogP) is 4.07. The summed E-state index contributed by atoms with van der Waals surface area (Å²) in [4.78, 5) is 4.47. The molecular weight excluding hydrogens is 296 g/mol. The van der Waals surface area contributed by atoms with Crippen LogP contribution < -0.4 is 4.74 Å². The molecule has 0 atom stereocenters. The van der Waals surface area contributed by atoms with Crippen molar-refractivity contribution in [3.63, 3.8) is 0 Å². The largest absolute Gasteiger partial charge is 0.507 e. The third-order valence-electron chi connectivity index (χ3n) is 3.18. The molecule has 3 rings (SSSR count). The number of nitriles is 1. The van der Waals surface area contributed by atoms with Crippen LogP contribution in [-0.2, 0) is 0 Å². The van der Waals surface area contributed by atoms with Crippen molar-refractivity contribution < 1.29 is 9.84 Å². The van der Waals surface area contributed by atoms with E-state index in [1.807, 2.05) is 24.3 Å². The van der Waals surface area contributed by atoms with E-state index in [-0.39, 0.29) is 5.75 Å². The number of methoxy groups -OCH3 is 1. The highest BCUT2D eigenvalue weighted by molar-refractivity contribution is 7.19. The fourth-order valence-corrected chi connectivity index (χ4v) is 2.99. The summed E-state index contributed by atoms with van der Waals surface area (Å²) in [7, 11) is 1.55. The Morgan fingerprint density at radius 2 is 2.14 bits per heavy atom. The highest BCUT2D eigenvalue weighted by atomic mass is 32.1. The van der Waals surface area contributed by atoms with Crippen LogP contribution in [0.1, 0.15) is 10.6 Å². The van der Waals surface area contributed by atoms with Crippen LogP contribution in [0.25, 0.3) is 21.9 Å². The molecule has 0 aliphatic heterocycles. The summed E-state index contributed by atoms with van der Waals surface area (Å²) in [6.07, 6.45) is 1.62. The Hall–Kier alpha value is -2.84. The number of ether oxygens (including phenoxy) is 1. The van der Waals surface area contributed by atoms with Crippen LogP contribution in [0.3, 0.4) is 0 Å². The molecule has 0 unspecified atom stereocenters. The Balaban J connectivity index is 2.09. The molecule has 0 fully saturated rings. The Morgan fingerprint density at radius 3 is 2.86 bits per heavy atom. The van der Waals surface area contributed by atoms with Gasteiger partial charge in [0.2, 0.25) is 0 Å². The van der Waals surface area contributed by atoms with Gasteiger partial charge in [0.1, 0.15) is 22.6 Å². The Bertz CT molecular complexity index is 873. The molecule has 4 nitrogen and oxygen atoms in total. The highest BCUT2D eigenvalue weighted by Gasteiger charge is 2.10. The number of hydrogen-bond acceptors (Lipinski definition) is 5. The maximum atomic E-state index is 9.94. The van der Waals surface area contributed by atoms with Gasteiger partial charge in [-0.15, -0.1) is 11.3 Å². The number of para-hydroxylation sites is 1. The quantitative estimate of drug-likeness (QED) is 0.741. The van der Waals surface area contributed by atoms with E-state index in [0.717, 1.165) is 10.2 Å². The first-order chi connectivity index (χ1) is 10.7. The number of thiazole rings is 1. The second-order valence-electron chi connectivity index (χ2n) is 4.58. The predicted molar refractivity (Wildman–Crippen MR) is 87.8 cm³/mol. The summed E-state index contributed by atoms with van der Waals surface area (Å²) in [5, 5.41) is 20.0. The van der Waals surface area contributed by atoms with E-state index >= 15 is 0 Å². The Kier molecular flexibility index (Phi) is 3.77. The van der Waals surface area contributed by atoms with Gasteiger partial charge in [0.05, 0.1) is 22.9 Å². The van der Waals surface area contributed by atoms with Gasteiger partial charge in [-0.3, -0.25) is 0 Å². The van der Waals surface area contributed by atoms with Crippen LogP contribution in [0.2, 0.25) is 0 Å². The van der Waals surface area contributed by atoms with Gasteiger partial charge in [0.25, 0.3) is 0 Å². The highest BCUT2D eigenvalue weighted by Crippen LogP contribution is 2.31. The summed E-state index contributed by atoms with van der Waals surface area (Å²) in [6, 6.07) is 14.8. The monoisotopic (exact) mass is 308 g/mol. The molecule has 0 aliphatic carbocycles. The van der Waals surface area contributed by atoms with Crippen LogP contribution in [0, 0.1) is 11.3 Å². The molecule has 22 heavy (non-hydrogen) atoms. The van der Waals surface area contributed by atoms with E-state index in [1.54, 1.807) is 25.3 Å². The average Bonchev–Trinajstić information content (AvgIpc) is 2.97. The minimum absolute atomic E-state index is 0.0923. The second kappa shape index (κ2) is 5.88. The number of benzene rings is 2. The third-order valence-corrected chi connectivity index (χ3v) is 4.25. The van der Waals surface area contributed by atoms with Gasteiger partial charge in [-0.1, -0.05) is 12.1 Å². The van der Waals surface area contributed by atoms with Crippen molar-refractivity contribution >= 4 is 33.2 Å². The first-order valence-electron chi connectivity index (χ1n) is 6.56. The van der Waals surface area contributed by atoms with Crippen molar-refractivity contribution in [2.24, 2.45) is 0 Å². The molecule has 108 valence electrons. The molecule has 0 saturated carbocycles. The van der Waals surface area contributed by atoms with E-state index in [9.17, 15) is 10.4 Å². The lowest BCUT2D eigenvalue weighted by Gasteiger charge is -2.03. The number of phenols is 1. The van der Waals surface area contributed by atoms with Crippen molar-refractivity contribution in [2.45, 2.75) is 0 Å². The number of aromatic hydroxyl groups is 1. The number of phenolic OH excluding ortho intramolecular Hbond substituents is 1. The van der Waals surface area contributed by atoms with Crippen LogP contribution in [0.4, 0.5) is 0 Å². The van der Waals surface area contributed by atoms with Crippen LogP contribution in [0.5, 0.6) is 11.5 Å². The topological polar surface area (TPSA) is 66.1 Å². The van der Waals surface area contributed by atoms with E-state index in [4.69, 9.17) is 4.74 Å². The van der Waals surface area contributed by atoms with Gasteiger partial charge in [0, 0.05) is 5.56 Å². The maximum Gasteiger partial charge on any atom is 0.135 e. The molecular formula is C17H12N2O2S. The van der Waals surface area contributed by atoms with E-state index in [2.05, 4.69) is 11.1 Å². The molecule has 0 radical (unpaired) electrons. The molecule has 3 aromatic rings. The number of hydrogen-bond donors (Lipinski definition) is 1. The van der Waals surface area contributed by atoms with Gasteiger partial charge < -0.3 is 9.84 Å². The molecule has 0 amide bonds. The van der Waals surface area contributed by atoms with Crippen molar-refractivity contribution in [3.05, 3.63) is 53.0 Å². The lowest BCUT2D eigenvalue weighted by molar-refractivity contribution is 0.412. The van der Waals surface area contributed by atoms with Crippen LogP contribution in [-0.4, -0.2) is 17.2 Å². The molecule has 5 heteroatoms. The number of nitrogens with zero attached hydrogens (tertiary/aromatic N) is 2. The summed E-state index contributed by atoms with van der Waals surface area (Å²) < 4.78 is 6.16. The van der Waals surface area contributed by atoms with E-state index < -0.39 is 0 Å². The summed E-state index contributed by atoms with van der Waals surface area (Å²) >= 11 is 1.45. The van der Waals surface area contributed by atoms with Gasteiger partial charge >= 0.3 is 0 Å². The molecule has 2 aromatic carbocycles. The van der Waals surface area contributed by atoms with E-state index in [1.165, 1.54) is 17.4 Å². The normalized spacial score (nSPS) is 11.4. The summed E-state index contributed by atoms with van der Waals surface area (Å²) in [5.41, 5.74) is 1.79. The van der Waals surface area contributed by atoms with Crippen LogP contribution in [0.15, 0.2) is 42.5 Å². The first-order valence-corrected chi connectivity index (χ1v) is 7.37. The third kappa shape index (κ3) is 2.65. The Morgan fingerprint density at radius 1 is 1.32 bits per heavy atom. The summed E-state index contributed by atoms with van der Waals surface area (Å²) in [6.45, 7) is 0. The molecule has 0 bridgehead atoms. The van der Waals surface area contributed by atoms with Crippen molar-refractivity contribution in [1.29, 1.82) is 5.26 Å². The van der Waals surface area contributed by atoms with Gasteiger partial charge in [-0.2, -0.15) is 5.26 Å². The maximum absolute atomic E-state index is 9.94. The smallest absolute Gasteiger partial charge is 0.135 e. The first kappa shape index (κ1) is 14.1. The zero-order chi connectivity index (χ0) is 15.5. The second-order valence-corrected chi connectivity index (χ2v) is 5.61. The van der Waals surface area contributed by atoms with E-state index in [0.29, 0.717) is 21.9 Å². The van der Waals surface area contributed by atoms with Crippen molar-refractivity contribution in [1.82, 2.24) is 4.98 Å². The SMILES string of the molecule is COc1ccc(O)c(C=C(C#N)c2nc3ccccc3s2)c1. The molecule has 1 aromatic heterocycles. The number of aromatic nitrogens is 1.